The van der Waals surface area contributed by atoms with Crippen LogP contribution < -0.4 is 4.90 Å². The topological polar surface area (TPSA) is 108 Å². The standard InChI is InChI=1S/C27H32N6O2/c1-17(2)25-24-21(19-8-9-23(29-16-19)32-12-10-18(15-28)11-13-32)14-22(27(34)35)30-26(24)33(31-25)20-6-4-3-5-7-20/h8-9,14,16-18,20H,3-7,10-13H2,1-2H3,(H,34,35). The van der Waals surface area contributed by atoms with Crippen molar-refractivity contribution < 1.29 is 9.90 Å². The molecule has 3 aromatic heterocycles. The predicted molar refractivity (Wildman–Crippen MR) is 134 cm³/mol. The van der Waals surface area contributed by atoms with Crippen molar-refractivity contribution in [1.29, 1.82) is 5.26 Å². The number of piperidine rings is 1. The largest absolute Gasteiger partial charge is 0.477 e. The highest BCUT2D eigenvalue weighted by Gasteiger charge is 2.27. The minimum Gasteiger partial charge on any atom is -0.477 e. The summed E-state index contributed by atoms with van der Waals surface area (Å²) in [6, 6.07) is 8.29. The van der Waals surface area contributed by atoms with E-state index in [1.54, 1.807) is 6.07 Å². The van der Waals surface area contributed by atoms with Crippen molar-refractivity contribution in [2.24, 2.45) is 5.92 Å². The van der Waals surface area contributed by atoms with Gasteiger partial charge in [0.25, 0.3) is 0 Å². The van der Waals surface area contributed by atoms with Gasteiger partial charge in [0.2, 0.25) is 0 Å². The van der Waals surface area contributed by atoms with Crippen LogP contribution in [0.25, 0.3) is 22.2 Å². The zero-order valence-corrected chi connectivity index (χ0v) is 20.4. The van der Waals surface area contributed by atoms with Crippen LogP contribution in [0.3, 0.4) is 0 Å². The molecule has 35 heavy (non-hydrogen) atoms. The lowest BCUT2D eigenvalue weighted by atomic mass is 9.95. The summed E-state index contributed by atoms with van der Waals surface area (Å²) < 4.78 is 2.00. The molecular weight excluding hydrogens is 440 g/mol. The van der Waals surface area contributed by atoms with Crippen molar-refractivity contribution in [3.63, 3.8) is 0 Å². The van der Waals surface area contributed by atoms with E-state index >= 15 is 0 Å². The van der Waals surface area contributed by atoms with Gasteiger partial charge in [0.1, 0.15) is 5.82 Å². The second-order valence-corrected chi connectivity index (χ2v) is 10.1. The van der Waals surface area contributed by atoms with Crippen LogP contribution in [0.2, 0.25) is 0 Å². The highest BCUT2D eigenvalue weighted by atomic mass is 16.4. The molecule has 1 aliphatic heterocycles. The van der Waals surface area contributed by atoms with Crippen LogP contribution in [0.4, 0.5) is 5.82 Å². The normalized spacial score (nSPS) is 17.7. The van der Waals surface area contributed by atoms with E-state index < -0.39 is 5.97 Å². The molecule has 4 heterocycles. The third-order valence-electron chi connectivity index (χ3n) is 7.44. The highest BCUT2D eigenvalue weighted by molar-refractivity contribution is 5.99. The Balaban J connectivity index is 1.59. The molecule has 0 bridgehead atoms. The SMILES string of the molecule is CC(C)c1nn(C2CCCCC2)c2nc(C(=O)O)cc(-c3ccc(N4CCC(C#N)CC4)nc3)c12. The number of carboxylic acids is 1. The lowest BCUT2D eigenvalue weighted by Crippen LogP contribution is -2.33. The average Bonchev–Trinajstić information content (AvgIpc) is 3.29. The number of aromatic nitrogens is 4. The van der Waals surface area contributed by atoms with Gasteiger partial charge in [-0.25, -0.2) is 19.4 Å². The van der Waals surface area contributed by atoms with Crippen molar-refractivity contribution in [2.45, 2.75) is 70.8 Å². The number of fused-ring (bicyclic) bond motifs is 1. The fourth-order valence-electron chi connectivity index (χ4n) is 5.46. The van der Waals surface area contributed by atoms with Crippen LogP contribution in [0.15, 0.2) is 24.4 Å². The summed E-state index contributed by atoms with van der Waals surface area (Å²) in [4.78, 5) is 23.6. The number of carboxylic acid groups (broad SMARTS) is 1. The van der Waals surface area contributed by atoms with Crippen LogP contribution in [-0.2, 0) is 0 Å². The molecular formula is C27H32N6O2. The molecule has 1 aliphatic carbocycles. The van der Waals surface area contributed by atoms with Crippen molar-refractivity contribution >= 4 is 22.8 Å². The molecule has 2 aliphatic rings. The Morgan fingerprint density at radius 2 is 1.89 bits per heavy atom. The van der Waals surface area contributed by atoms with E-state index in [0.29, 0.717) is 5.65 Å². The first-order valence-corrected chi connectivity index (χ1v) is 12.7. The van der Waals surface area contributed by atoms with Crippen LogP contribution in [0, 0.1) is 17.2 Å². The molecule has 0 radical (unpaired) electrons. The number of nitrogens with zero attached hydrogens (tertiary/aromatic N) is 6. The van der Waals surface area contributed by atoms with Crippen LogP contribution in [0.1, 0.15) is 86.9 Å². The monoisotopic (exact) mass is 472 g/mol. The molecule has 0 unspecified atom stereocenters. The molecule has 0 spiro atoms. The molecule has 182 valence electrons. The van der Waals surface area contributed by atoms with E-state index in [4.69, 9.17) is 15.3 Å². The molecule has 8 heteroatoms. The van der Waals surface area contributed by atoms with Crippen LogP contribution >= 0.6 is 0 Å². The van der Waals surface area contributed by atoms with E-state index in [2.05, 4.69) is 29.8 Å². The van der Waals surface area contributed by atoms with Gasteiger partial charge in [0.15, 0.2) is 11.3 Å². The number of anilines is 1. The van der Waals surface area contributed by atoms with E-state index in [1.807, 2.05) is 23.0 Å². The van der Waals surface area contributed by atoms with Crippen molar-refractivity contribution in [1.82, 2.24) is 19.7 Å². The van der Waals surface area contributed by atoms with Gasteiger partial charge in [-0.05, 0) is 55.4 Å². The maximum atomic E-state index is 12.0. The zero-order valence-electron chi connectivity index (χ0n) is 20.4. The fraction of sp³-hybridized carbons (Fsp3) is 0.519. The van der Waals surface area contributed by atoms with Crippen molar-refractivity contribution in [2.75, 3.05) is 18.0 Å². The summed E-state index contributed by atoms with van der Waals surface area (Å²) in [7, 11) is 0. The molecule has 8 nitrogen and oxygen atoms in total. The first-order chi connectivity index (χ1) is 17.0. The van der Waals surface area contributed by atoms with Gasteiger partial charge < -0.3 is 10.0 Å². The maximum Gasteiger partial charge on any atom is 0.354 e. The molecule has 0 amide bonds. The van der Waals surface area contributed by atoms with Gasteiger partial charge >= 0.3 is 5.97 Å². The summed E-state index contributed by atoms with van der Waals surface area (Å²) in [5, 5.41) is 25.0. The van der Waals surface area contributed by atoms with E-state index in [0.717, 1.165) is 79.6 Å². The van der Waals surface area contributed by atoms with E-state index in [-0.39, 0.29) is 23.6 Å². The minimum absolute atomic E-state index is 0.0300. The minimum atomic E-state index is -1.04. The average molecular weight is 473 g/mol. The van der Waals surface area contributed by atoms with Gasteiger partial charge in [-0.1, -0.05) is 33.1 Å². The Labute approximate surface area is 205 Å². The van der Waals surface area contributed by atoms with Crippen molar-refractivity contribution in [3.05, 3.63) is 35.8 Å². The molecule has 5 rings (SSSR count). The summed E-state index contributed by atoms with van der Waals surface area (Å²) >= 11 is 0. The van der Waals surface area contributed by atoms with Gasteiger partial charge in [0.05, 0.1) is 23.2 Å². The number of rotatable bonds is 5. The van der Waals surface area contributed by atoms with Crippen LogP contribution in [-0.4, -0.2) is 43.9 Å². The Morgan fingerprint density at radius 1 is 1.14 bits per heavy atom. The summed E-state index contributed by atoms with van der Waals surface area (Å²) in [5.41, 5.74) is 3.33. The molecule has 0 aromatic carbocycles. The predicted octanol–water partition coefficient (Wildman–Crippen LogP) is 5.56. The number of hydrogen-bond acceptors (Lipinski definition) is 6. The number of carbonyl (C=O) groups is 1. The summed E-state index contributed by atoms with van der Waals surface area (Å²) in [6.45, 7) is 5.87. The molecule has 2 fully saturated rings. The first kappa shape index (κ1) is 23.3. The third-order valence-corrected chi connectivity index (χ3v) is 7.44. The number of pyridine rings is 2. The quantitative estimate of drug-likeness (QED) is 0.518. The van der Waals surface area contributed by atoms with Crippen molar-refractivity contribution in [3.8, 4) is 17.2 Å². The van der Waals surface area contributed by atoms with Gasteiger partial charge in [-0.2, -0.15) is 10.4 Å². The number of hydrogen-bond donors (Lipinski definition) is 1. The molecule has 1 saturated heterocycles. The van der Waals surface area contributed by atoms with Gasteiger partial charge in [-0.3, -0.25) is 0 Å². The fourth-order valence-corrected chi connectivity index (χ4v) is 5.46. The molecule has 3 aromatic rings. The Kier molecular flexibility index (Phi) is 6.42. The van der Waals surface area contributed by atoms with Gasteiger partial charge in [0, 0.05) is 30.8 Å². The van der Waals surface area contributed by atoms with E-state index in [9.17, 15) is 9.90 Å². The Bertz CT molecular complexity index is 1260. The summed E-state index contributed by atoms with van der Waals surface area (Å²) in [6.07, 6.45) is 9.17. The third kappa shape index (κ3) is 4.47. The van der Waals surface area contributed by atoms with E-state index in [1.165, 1.54) is 6.42 Å². The Morgan fingerprint density at radius 3 is 2.49 bits per heavy atom. The first-order valence-electron chi connectivity index (χ1n) is 12.7. The second-order valence-electron chi connectivity index (χ2n) is 10.1. The molecule has 1 saturated carbocycles. The van der Waals surface area contributed by atoms with Gasteiger partial charge in [-0.15, -0.1) is 0 Å². The second kappa shape index (κ2) is 9.65. The number of aromatic carboxylic acids is 1. The smallest absolute Gasteiger partial charge is 0.354 e. The molecule has 0 atom stereocenters. The molecule has 1 N–H and O–H groups in total. The number of nitriles is 1. The Hall–Kier alpha value is -3.47. The highest BCUT2D eigenvalue weighted by Crippen LogP contribution is 2.38. The lowest BCUT2D eigenvalue weighted by molar-refractivity contribution is 0.0691. The lowest BCUT2D eigenvalue weighted by Gasteiger charge is -2.30. The summed E-state index contributed by atoms with van der Waals surface area (Å²) in [5.74, 6) is 0.143. The maximum absolute atomic E-state index is 12.0. The zero-order chi connectivity index (χ0) is 24.5. The van der Waals surface area contributed by atoms with Crippen LogP contribution in [0.5, 0.6) is 0 Å².